The first-order chi connectivity index (χ1) is 2.00. The van der Waals surface area contributed by atoms with Crippen molar-refractivity contribution >= 4 is 30.3 Å². The van der Waals surface area contributed by atoms with Crippen LogP contribution in [0.1, 0.15) is 0 Å². The van der Waals surface area contributed by atoms with E-state index in [1.165, 1.54) is 0 Å². The summed E-state index contributed by atoms with van der Waals surface area (Å²) in [5.74, 6) is 0. The fourth-order valence-electron chi connectivity index (χ4n) is 0. The predicted octanol–water partition coefficient (Wildman–Crippen LogP) is -2.51. The van der Waals surface area contributed by atoms with Crippen molar-refractivity contribution in [2.45, 2.75) is 0 Å². The molecule has 42 valence electrons. The Hall–Kier alpha value is 0.380. The van der Waals surface area contributed by atoms with Crippen LogP contribution in [0.4, 0.5) is 0 Å². The van der Waals surface area contributed by atoms with Gasteiger partial charge in [0.2, 0.25) is 0 Å². The van der Waals surface area contributed by atoms with Crippen molar-refractivity contribution in [3.63, 3.8) is 0 Å². The van der Waals surface area contributed by atoms with Gasteiger partial charge in [0.15, 0.2) is 0 Å². The molecule has 0 fully saturated rings. The third kappa shape index (κ3) is 849. The van der Waals surface area contributed by atoms with Gasteiger partial charge in [-0.15, -0.1) is 0 Å². The second-order valence-corrected chi connectivity index (χ2v) is 2.92. The molecule has 0 radical (unpaired) electrons. The Labute approximate surface area is 46.8 Å². The second-order valence-electron chi connectivity index (χ2n) is 0.707. The molecule has 0 aromatic heterocycles. The molecule has 0 spiro atoms. The topological polar surface area (TPSA) is 131 Å². The Morgan fingerprint density at radius 3 is 0.714 bits per heavy atom. The van der Waals surface area contributed by atoms with E-state index < -0.39 is 30.3 Å². The zero-order valence-electron chi connectivity index (χ0n) is 3.34. The van der Waals surface area contributed by atoms with E-state index in [2.05, 4.69) is 0 Å². The molecule has 6 nitrogen and oxygen atoms in total. The normalized spacial score (nSPS) is 10.3. The van der Waals surface area contributed by atoms with E-state index in [1.54, 1.807) is 0 Å². The average Bonchev–Trinajstić information content (AvgIpc) is 0.722. The summed E-state index contributed by atoms with van der Waals surface area (Å²) < 4.78 is 34.6. The van der Waals surface area contributed by atoms with Crippen LogP contribution in [0.25, 0.3) is 0 Å². The Morgan fingerprint density at radius 2 is 0.714 bits per heavy atom. The number of rotatable bonds is 0. The number of hydrogen-bond donors (Lipinski definition) is 0. The molecular weight excluding hydrogens is 136 g/mol. The van der Waals surface area contributed by atoms with Crippen LogP contribution >= 0.6 is 0 Å². The van der Waals surface area contributed by atoms with Crippen LogP contribution in [-0.2, 0) is 5.74 Å². The van der Waals surface area contributed by atoms with Gasteiger partial charge < -0.3 is 11.0 Å². The summed E-state index contributed by atoms with van der Waals surface area (Å²) in [6, 6.07) is 0. The number of hydrogen-bond acceptors (Lipinski definition) is 4. The first-order valence-corrected chi connectivity index (χ1v) is 4.76. The van der Waals surface area contributed by atoms with Gasteiger partial charge in [0.25, 0.3) is 0 Å². The first-order valence-electron chi connectivity index (χ1n) is 1.15. The van der Waals surface area contributed by atoms with E-state index >= 15 is 0 Å². The van der Waals surface area contributed by atoms with Crippen molar-refractivity contribution in [3.8, 4) is 0 Å². The molecule has 0 aliphatic rings. The van der Waals surface area contributed by atoms with Gasteiger partial charge in [-0.2, -0.15) is 0 Å². The molecule has 0 bridgehead atoms. The van der Waals surface area contributed by atoms with Crippen LogP contribution in [-0.4, -0.2) is 41.3 Å². The molecule has 0 aliphatic carbocycles. The fourth-order valence-corrected chi connectivity index (χ4v) is 0. The van der Waals surface area contributed by atoms with E-state index in [4.69, 9.17) is 5.74 Å². The zero-order valence-corrected chi connectivity index (χ0v) is 5.55. The molecule has 0 atom stereocenters. The minimum atomic E-state index is -6.25. The average molecular weight is 140 g/mol. The zero-order chi connectivity index (χ0) is 4.50. The molecule has 0 saturated carbocycles. The molecule has 0 aromatic carbocycles. The monoisotopic (exact) mass is 140 g/mol. The van der Waals surface area contributed by atoms with Crippen molar-refractivity contribution in [2.75, 3.05) is 0 Å². The van der Waals surface area contributed by atoms with E-state index in [9.17, 15) is 0 Å². The molecule has 0 rings (SSSR count). The van der Waals surface area contributed by atoms with Crippen LogP contribution in [0.5, 0.6) is 0 Å². The van der Waals surface area contributed by atoms with Gasteiger partial charge in [0.05, 0.1) is 0 Å². The summed E-state index contributed by atoms with van der Waals surface area (Å²) in [5, 5.41) is 0. The van der Waals surface area contributed by atoms with Crippen LogP contribution in [0, 0.1) is 0 Å². The van der Waals surface area contributed by atoms with Crippen molar-refractivity contribution in [1.29, 1.82) is 0 Å². The Bertz CT molecular complexity index is 155. The second kappa shape index (κ2) is 4.54. The van der Waals surface area contributed by atoms with Gasteiger partial charge in [0.1, 0.15) is 0 Å². The quantitative estimate of drug-likeness (QED) is 0.344. The molecule has 0 heterocycles. The van der Waals surface area contributed by atoms with E-state index in [-0.39, 0.29) is 11.0 Å². The van der Waals surface area contributed by atoms with Gasteiger partial charge in [-0.25, -0.2) is 0 Å². The van der Waals surface area contributed by atoms with Gasteiger partial charge in [-0.1, -0.05) is 0 Å². The molecule has 7 heteroatoms. The van der Waals surface area contributed by atoms with E-state index in [0.717, 1.165) is 0 Å². The molecule has 0 aliphatic heterocycles. The summed E-state index contributed by atoms with van der Waals surface area (Å²) in [7, 11) is 0. The first kappa shape index (κ1) is 15.7. The third-order valence-corrected chi connectivity index (χ3v) is 0. The maximum atomic E-state index is 8.66. The Morgan fingerprint density at radius 1 is 0.714 bits per heavy atom. The third-order valence-electron chi connectivity index (χ3n) is 0. The molecular formula is H4CaO6. The van der Waals surface area contributed by atoms with Crippen molar-refractivity contribution < 1.29 is 16.7 Å². The predicted molar refractivity (Wildman–Crippen MR) is 15.7 cm³/mol. The van der Waals surface area contributed by atoms with Crippen molar-refractivity contribution in [1.82, 2.24) is 0 Å². The van der Waals surface area contributed by atoms with Gasteiger partial charge in [0, 0.05) is 0 Å². The van der Waals surface area contributed by atoms with Crippen LogP contribution in [0.3, 0.4) is 0 Å². The molecule has 0 saturated heterocycles. The summed E-state index contributed by atoms with van der Waals surface area (Å²) in [6.07, 6.45) is 0. The summed E-state index contributed by atoms with van der Waals surface area (Å²) >= 11 is -6.25. The summed E-state index contributed by atoms with van der Waals surface area (Å²) in [6.45, 7) is 0. The van der Waals surface area contributed by atoms with Crippen LogP contribution < -0.4 is 0 Å². The van der Waals surface area contributed by atoms with Gasteiger partial charge in [-0.05, 0) is 0 Å². The van der Waals surface area contributed by atoms with Crippen molar-refractivity contribution in [2.24, 2.45) is 0 Å². The molecule has 4 N–H and O–H groups in total. The molecule has 0 amide bonds. The standard InChI is InChI=1S/Ca.2H2O.4O/h;2*1H2;;;;. The summed E-state index contributed by atoms with van der Waals surface area (Å²) in [5.41, 5.74) is 0. The van der Waals surface area contributed by atoms with E-state index in [1.807, 2.05) is 0 Å². The van der Waals surface area contributed by atoms with Crippen molar-refractivity contribution in [3.05, 3.63) is 0 Å². The van der Waals surface area contributed by atoms with E-state index in [0.29, 0.717) is 0 Å². The summed E-state index contributed by atoms with van der Waals surface area (Å²) in [4.78, 5) is 0. The van der Waals surface area contributed by atoms with Crippen LogP contribution in [0.2, 0.25) is 0 Å². The molecule has 0 aromatic rings. The minimum absolute atomic E-state index is 0. The molecule has 7 heavy (non-hydrogen) atoms. The molecule has 0 unspecified atom stereocenters. The SMILES string of the molecule is O.O.[O]=[Ca](=[O])(=[O])=[O]. The maximum absolute atomic E-state index is 8.66. The van der Waals surface area contributed by atoms with Gasteiger partial charge in [-0.3, -0.25) is 0 Å². The van der Waals surface area contributed by atoms with Crippen LogP contribution in [0.15, 0.2) is 0 Å². The Kier molecular flexibility index (Phi) is 10.1. The van der Waals surface area contributed by atoms with Gasteiger partial charge >= 0.3 is 36.1 Å². The fraction of sp³-hybridized carbons (Fsp3) is 0. The Balaban J connectivity index is -0.0000000800.